The standard InChI is InChI=1S/C18H12N4S2/c19-11-15-20-18-17(24-23-15)16(14-9-5-2-6-10-14)21-22(18)12-13-7-3-1-4-8-13/h1-10H,12H2. The molecule has 1 aromatic heterocycles. The first kappa shape index (κ1) is 15.1. The average molecular weight is 348 g/mol. The van der Waals surface area contributed by atoms with Crippen LogP contribution in [0.2, 0.25) is 0 Å². The molecule has 0 unspecified atom stereocenters. The van der Waals surface area contributed by atoms with Gasteiger partial charge in [0.05, 0.1) is 11.4 Å². The highest BCUT2D eigenvalue weighted by Crippen LogP contribution is 2.48. The van der Waals surface area contributed by atoms with Crippen LogP contribution in [0.25, 0.3) is 11.3 Å². The average Bonchev–Trinajstić information content (AvgIpc) is 3.01. The van der Waals surface area contributed by atoms with Gasteiger partial charge in [-0.1, -0.05) is 60.7 Å². The molecule has 0 radical (unpaired) electrons. The molecular weight excluding hydrogens is 336 g/mol. The number of benzene rings is 2. The number of aliphatic imine (C=N–C) groups is 1. The Bertz CT molecular complexity index is 940. The first-order valence-corrected chi connectivity index (χ1v) is 9.53. The lowest BCUT2D eigenvalue weighted by atomic mass is 10.1. The van der Waals surface area contributed by atoms with E-state index in [0.717, 1.165) is 27.5 Å². The molecule has 2 aromatic carbocycles. The molecule has 0 atom stereocenters. The molecule has 6 heteroatoms. The summed E-state index contributed by atoms with van der Waals surface area (Å²) in [7, 11) is 2.94. The minimum absolute atomic E-state index is 0.460. The second-order valence-electron chi connectivity index (χ2n) is 5.21. The zero-order valence-electron chi connectivity index (χ0n) is 12.6. The molecule has 4 nitrogen and oxygen atoms in total. The molecule has 3 aromatic rings. The van der Waals surface area contributed by atoms with Crippen LogP contribution in [-0.2, 0) is 6.54 Å². The van der Waals surface area contributed by atoms with Crippen LogP contribution >= 0.6 is 21.6 Å². The summed E-state index contributed by atoms with van der Waals surface area (Å²) in [5.41, 5.74) is 3.13. The summed E-state index contributed by atoms with van der Waals surface area (Å²) in [5, 5.41) is 14.4. The van der Waals surface area contributed by atoms with E-state index in [0.29, 0.717) is 11.6 Å². The SMILES string of the molecule is N#CC1=Nc2c(c(-c3ccccc3)nn2Cc2ccccc2)SS1. The monoisotopic (exact) mass is 348 g/mol. The smallest absolute Gasteiger partial charge is 0.187 e. The van der Waals surface area contributed by atoms with Crippen molar-refractivity contribution in [2.24, 2.45) is 4.99 Å². The van der Waals surface area contributed by atoms with Crippen LogP contribution in [0.15, 0.2) is 70.6 Å². The molecular formula is C18H12N4S2. The highest BCUT2D eigenvalue weighted by molar-refractivity contribution is 8.82. The van der Waals surface area contributed by atoms with E-state index in [-0.39, 0.29) is 0 Å². The van der Waals surface area contributed by atoms with Gasteiger partial charge in [-0.2, -0.15) is 10.4 Å². The van der Waals surface area contributed by atoms with Gasteiger partial charge in [0.2, 0.25) is 0 Å². The number of aromatic nitrogens is 2. The van der Waals surface area contributed by atoms with Crippen LogP contribution in [0.1, 0.15) is 5.56 Å². The van der Waals surface area contributed by atoms with Gasteiger partial charge in [0.1, 0.15) is 11.8 Å². The van der Waals surface area contributed by atoms with Gasteiger partial charge in [-0.3, -0.25) is 0 Å². The van der Waals surface area contributed by atoms with Crippen molar-refractivity contribution in [1.29, 1.82) is 5.26 Å². The van der Waals surface area contributed by atoms with E-state index in [1.807, 2.05) is 53.2 Å². The Balaban J connectivity index is 1.84. The van der Waals surface area contributed by atoms with Gasteiger partial charge in [-0.05, 0) is 27.2 Å². The molecule has 0 amide bonds. The molecule has 0 N–H and O–H groups in total. The third-order valence-electron chi connectivity index (χ3n) is 3.61. The normalized spacial score (nSPS) is 13.0. The number of hydrogen-bond donors (Lipinski definition) is 0. The van der Waals surface area contributed by atoms with Gasteiger partial charge >= 0.3 is 0 Å². The summed E-state index contributed by atoms with van der Waals surface area (Å²) in [6, 6.07) is 22.4. The van der Waals surface area contributed by atoms with Crippen molar-refractivity contribution in [1.82, 2.24) is 9.78 Å². The van der Waals surface area contributed by atoms with Crippen LogP contribution in [0.4, 0.5) is 5.82 Å². The Morgan fingerprint density at radius 1 is 0.958 bits per heavy atom. The minimum atomic E-state index is 0.460. The maximum Gasteiger partial charge on any atom is 0.187 e. The zero-order chi connectivity index (χ0) is 16.4. The quantitative estimate of drug-likeness (QED) is 0.631. The fourth-order valence-electron chi connectivity index (χ4n) is 2.51. The Kier molecular flexibility index (Phi) is 4.11. The summed E-state index contributed by atoms with van der Waals surface area (Å²) in [6.45, 7) is 0.628. The molecule has 0 saturated heterocycles. The van der Waals surface area contributed by atoms with E-state index in [4.69, 9.17) is 5.10 Å². The number of nitrogens with zero attached hydrogens (tertiary/aromatic N) is 4. The van der Waals surface area contributed by atoms with E-state index >= 15 is 0 Å². The van der Waals surface area contributed by atoms with Crippen LogP contribution in [0.3, 0.4) is 0 Å². The first-order valence-electron chi connectivity index (χ1n) is 7.38. The maximum atomic E-state index is 9.18. The van der Waals surface area contributed by atoms with Gasteiger partial charge in [-0.25, -0.2) is 9.67 Å². The summed E-state index contributed by atoms with van der Waals surface area (Å²) in [5.74, 6) is 0.762. The molecule has 0 bridgehead atoms. The minimum Gasteiger partial charge on any atom is -0.242 e. The lowest BCUT2D eigenvalue weighted by Crippen LogP contribution is -2.02. The first-order chi connectivity index (χ1) is 11.8. The van der Waals surface area contributed by atoms with E-state index in [2.05, 4.69) is 23.2 Å². The molecule has 24 heavy (non-hydrogen) atoms. The predicted octanol–water partition coefficient (Wildman–Crippen LogP) is 4.91. The van der Waals surface area contributed by atoms with Gasteiger partial charge in [0, 0.05) is 5.56 Å². The molecule has 2 heterocycles. The van der Waals surface area contributed by atoms with E-state index in [9.17, 15) is 5.26 Å². The molecule has 116 valence electrons. The van der Waals surface area contributed by atoms with Crippen molar-refractivity contribution in [2.45, 2.75) is 11.4 Å². The molecule has 1 aliphatic heterocycles. The van der Waals surface area contributed by atoms with Crippen LogP contribution < -0.4 is 0 Å². The summed E-state index contributed by atoms with van der Waals surface area (Å²) in [6.07, 6.45) is 0. The van der Waals surface area contributed by atoms with E-state index in [1.54, 1.807) is 10.8 Å². The van der Waals surface area contributed by atoms with Gasteiger partial charge in [0.15, 0.2) is 10.9 Å². The van der Waals surface area contributed by atoms with Crippen LogP contribution in [-0.4, -0.2) is 14.8 Å². The number of fused-ring (bicyclic) bond motifs is 1. The third-order valence-corrected chi connectivity index (χ3v) is 5.80. The summed E-state index contributed by atoms with van der Waals surface area (Å²) < 4.78 is 1.89. The summed E-state index contributed by atoms with van der Waals surface area (Å²) >= 11 is 0. The third kappa shape index (κ3) is 2.84. The fraction of sp³-hybridized carbons (Fsp3) is 0.0556. The van der Waals surface area contributed by atoms with Gasteiger partial charge in [-0.15, -0.1) is 0 Å². The second kappa shape index (κ2) is 6.56. The molecule has 1 aliphatic rings. The summed E-state index contributed by atoms with van der Waals surface area (Å²) in [4.78, 5) is 5.52. The highest BCUT2D eigenvalue weighted by atomic mass is 33.1. The Labute approximate surface area is 147 Å². The van der Waals surface area contributed by atoms with Crippen molar-refractivity contribution in [2.75, 3.05) is 0 Å². The van der Waals surface area contributed by atoms with Gasteiger partial charge in [0.25, 0.3) is 0 Å². The lowest BCUT2D eigenvalue weighted by molar-refractivity contribution is 0.692. The van der Waals surface area contributed by atoms with Gasteiger partial charge < -0.3 is 0 Å². The molecule has 0 fully saturated rings. The molecule has 4 rings (SSSR count). The topological polar surface area (TPSA) is 54.0 Å². The van der Waals surface area contributed by atoms with Crippen molar-refractivity contribution in [3.05, 3.63) is 66.2 Å². The zero-order valence-corrected chi connectivity index (χ0v) is 14.2. The van der Waals surface area contributed by atoms with Crippen molar-refractivity contribution in [3.8, 4) is 17.3 Å². The molecule has 0 aliphatic carbocycles. The Morgan fingerprint density at radius 3 is 2.38 bits per heavy atom. The number of rotatable bonds is 3. The highest BCUT2D eigenvalue weighted by Gasteiger charge is 2.24. The van der Waals surface area contributed by atoms with Crippen molar-refractivity contribution >= 4 is 32.4 Å². The molecule has 0 spiro atoms. The molecule has 0 saturated carbocycles. The lowest BCUT2D eigenvalue weighted by Gasteiger charge is -2.09. The Morgan fingerprint density at radius 2 is 1.67 bits per heavy atom. The number of hydrogen-bond acceptors (Lipinski definition) is 5. The second-order valence-corrected chi connectivity index (χ2v) is 7.33. The van der Waals surface area contributed by atoms with Crippen molar-refractivity contribution < 1.29 is 0 Å². The Hall–Kier alpha value is -2.49. The van der Waals surface area contributed by atoms with Crippen LogP contribution in [0, 0.1) is 11.3 Å². The number of nitriles is 1. The van der Waals surface area contributed by atoms with Crippen LogP contribution in [0.5, 0.6) is 0 Å². The van der Waals surface area contributed by atoms with Crippen molar-refractivity contribution in [3.63, 3.8) is 0 Å². The predicted molar refractivity (Wildman–Crippen MR) is 99.4 cm³/mol. The van der Waals surface area contributed by atoms with E-state index in [1.165, 1.54) is 10.8 Å². The largest absolute Gasteiger partial charge is 0.242 e. The maximum absolute atomic E-state index is 9.18. The fourth-order valence-corrected chi connectivity index (χ4v) is 4.47. The van der Waals surface area contributed by atoms with E-state index < -0.39 is 0 Å².